The normalized spacial score (nSPS) is 19.1. The van der Waals surface area contributed by atoms with Gasteiger partial charge in [-0.15, -0.1) is 0 Å². The quantitative estimate of drug-likeness (QED) is 0.820. The van der Waals surface area contributed by atoms with Crippen LogP contribution in [0.1, 0.15) is 38.7 Å². The Morgan fingerprint density at radius 3 is 2.45 bits per heavy atom. The van der Waals surface area contributed by atoms with E-state index in [2.05, 4.69) is 54.4 Å². The van der Waals surface area contributed by atoms with Gasteiger partial charge in [0.1, 0.15) is 0 Å². The van der Waals surface area contributed by atoms with Gasteiger partial charge in [0.05, 0.1) is 0 Å². The van der Waals surface area contributed by atoms with E-state index in [0.29, 0.717) is 0 Å². The summed E-state index contributed by atoms with van der Waals surface area (Å²) in [7, 11) is 0. The average Bonchev–Trinajstić information content (AvgIpc) is 2.50. The molecule has 0 aromatic heterocycles. The summed E-state index contributed by atoms with van der Waals surface area (Å²) in [5.41, 5.74) is 1.51. The zero-order valence-corrected chi connectivity index (χ0v) is 13.1. The minimum absolute atomic E-state index is 0.729. The Bertz CT molecular complexity index is 355. The van der Waals surface area contributed by atoms with E-state index in [9.17, 15) is 0 Å². The molecule has 1 aromatic carbocycles. The predicted octanol–water partition coefficient (Wildman–Crippen LogP) is 3.33. The molecule has 0 bridgehead atoms. The summed E-state index contributed by atoms with van der Waals surface area (Å²) in [4.78, 5) is 2.70. The highest BCUT2D eigenvalue weighted by molar-refractivity contribution is 5.15. The minimum atomic E-state index is 0.729. The molecule has 1 aliphatic heterocycles. The number of likely N-dealkylation sites (N-methyl/N-ethyl adjacent to an activating group) is 1. The molecule has 2 nitrogen and oxygen atoms in total. The van der Waals surface area contributed by atoms with Gasteiger partial charge in [0.2, 0.25) is 0 Å². The van der Waals surface area contributed by atoms with Crippen molar-refractivity contribution in [1.82, 2.24) is 10.2 Å². The van der Waals surface area contributed by atoms with Crippen LogP contribution in [0.3, 0.4) is 0 Å². The molecule has 0 spiro atoms. The molecule has 0 saturated carbocycles. The van der Waals surface area contributed by atoms with Crippen LogP contribution in [0, 0.1) is 5.92 Å². The average molecular weight is 274 g/mol. The lowest BCUT2D eigenvalue weighted by atomic mass is 9.89. The number of nitrogens with one attached hydrogen (secondary N) is 1. The molecular formula is C18H30N2. The highest BCUT2D eigenvalue weighted by atomic mass is 15.2. The maximum absolute atomic E-state index is 3.51. The van der Waals surface area contributed by atoms with E-state index in [1.54, 1.807) is 0 Å². The number of benzene rings is 1. The lowest BCUT2D eigenvalue weighted by molar-refractivity contribution is 0.127. The van der Waals surface area contributed by atoms with Crippen LogP contribution in [0.15, 0.2) is 30.3 Å². The van der Waals surface area contributed by atoms with Crippen LogP contribution in [0.4, 0.5) is 0 Å². The first-order valence-corrected chi connectivity index (χ1v) is 8.32. The maximum atomic E-state index is 3.51. The molecule has 112 valence electrons. The van der Waals surface area contributed by atoms with Gasteiger partial charge in [-0.1, -0.05) is 44.2 Å². The van der Waals surface area contributed by atoms with Gasteiger partial charge in [-0.2, -0.15) is 0 Å². The summed E-state index contributed by atoms with van der Waals surface area (Å²) in [6, 6.07) is 11.7. The van der Waals surface area contributed by atoms with Crippen molar-refractivity contribution in [2.75, 3.05) is 26.2 Å². The monoisotopic (exact) mass is 274 g/mol. The van der Waals surface area contributed by atoms with Crippen LogP contribution in [-0.2, 0) is 6.42 Å². The van der Waals surface area contributed by atoms with Gasteiger partial charge in [0, 0.05) is 12.6 Å². The standard InChI is InChI=1S/C18H30N2/c1-3-18(15-19-4-2)20-12-10-17(11-13-20)14-16-8-6-5-7-9-16/h5-9,17-19H,3-4,10-15H2,1-2H3. The smallest absolute Gasteiger partial charge is 0.0218 e. The Labute approximate surface area is 124 Å². The van der Waals surface area contributed by atoms with Crippen molar-refractivity contribution in [3.63, 3.8) is 0 Å². The van der Waals surface area contributed by atoms with Crippen molar-refractivity contribution >= 4 is 0 Å². The van der Waals surface area contributed by atoms with Gasteiger partial charge in [0.25, 0.3) is 0 Å². The molecule has 0 radical (unpaired) electrons. The Hall–Kier alpha value is -0.860. The first kappa shape index (κ1) is 15.5. The highest BCUT2D eigenvalue weighted by Crippen LogP contribution is 2.23. The first-order chi connectivity index (χ1) is 9.83. The van der Waals surface area contributed by atoms with E-state index >= 15 is 0 Å². The van der Waals surface area contributed by atoms with Crippen LogP contribution in [0.25, 0.3) is 0 Å². The topological polar surface area (TPSA) is 15.3 Å². The molecule has 1 heterocycles. The van der Waals surface area contributed by atoms with Gasteiger partial charge in [-0.25, -0.2) is 0 Å². The molecule has 1 aliphatic rings. The highest BCUT2D eigenvalue weighted by Gasteiger charge is 2.23. The molecule has 2 rings (SSSR count). The van der Waals surface area contributed by atoms with Crippen molar-refractivity contribution in [1.29, 1.82) is 0 Å². The maximum Gasteiger partial charge on any atom is 0.0218 e. The van der Waals surface area contributed by atoms with Crippen LogP contribution in [0.5, 0.6) is 0 Å². The largest absolute Gasteiger partial charge is 0.315 e. The second-order valence-corrected chi connectivity index (χ2v) is 6.04. The third-order valence-electron chi connectivity index (χ3n) is 4.63. The second-order valence-electron chi connectivity index (χ2n) is 6.04. The third-order valence-corrected chi connectivity index (χ3v) is 4.63. The Kier molecular flexibility index (Phi) is 6.55. The van der Waals surface area contributed by atoms with Gasteiger partial charge in [-0.05, 0) is 56.8 Å². The van der Waals surface area contributed by atoms with E-state index in [-0.39, 0.29) is 0 Å². The zero-order valence-electron chi connectivity index (χ0n) is 13.1. The fourth-order valence-corrected chi connectivity index (χ4v) is 3.31. The van der Waals surface area contributed by atoms with Crippen molar-refractivity contribution in [3.05, 3.63) is 35.9 Å². The van der Waals surface area contributed by atoms with Crippen LogP contribution >= 0.6 is 0 Å². The molecule has 0 aliphatic carbocycles. The lowest BCUT2D eigenvalue weighted by Crippen LogP contribution is -2.46. The molecule has 1 aromatic rings. The summed E-state index contributed by atoms with van der Waals surface area (Å²) >= 11 is 0. The molecule has 0 amide bonds. The van der Waals surface area contributed by atoms with E-state index < -0.39 is 0 Å². The summed E-state index contributed by atoms with van der Waals surface area (Å²) in [6.45, 7) is 9.30. The first-order valence-electron chi connectivity index (χ1n) is 8.32. The fraction of sp³-hybridized carbons (Fsp3) is 0.667. The lowest BCUT2D eigenvalue weighted by Gasteiger charge is -2.37. The van der Waals surface area contributed by atoms with Crippen molar-refractivity contribution in [2.24, 2.45) is 5.92 Å². The van der Waals surface area contributed by atoms with E-state index in [0.717, 1.165) is 25.0 Å². The van der Waals surface area contributed by atoms with Gasteiger partial charge in [0.15, 0.2) is 0 Å². The SMILES string of the molecule is CCNCC(CC)N1CCC(Cc2ccccc2)CC1. The number of hydrogen-bond acceptors (Lipinski definition) is 2. The number of nitrogens with zero attached hydrogens (tertiary/aromatic N) is 1. The summed E-state index contributed by atoms with van der Waals surface area (Å²) in [5, 5.41) is 3.51. The van der Waals surface area contributed by atoms with Crippen molar-refractivity contribution in [3.8, 4) is 0 Å². The summed E-state index contributed by atoms with van der Waals surface area (Å²) in [5.74, 6) is 0.880. The number of piperidine rings is 1. The molecule has 1 atom stereocenters. The fourth-order valence-electron chi connectivity index (χ4n) is 3.31. The Morgan fingerprint density at radius 1 is 1.15 bits per heavy atom. The van der Waals surface area contributed by atoms with E-state index in [1.807, 2.05) is 0 Å². The van der Waals surface area contributed by atoms with E-state index in [4.69, 9.17) is 0 Å². The summed E-state index contributed by atoms with van der Waals surface area (Å²) < 4.78 is 0. The predicted molar refractivity (Wildman–Crippen MR) is 87.1 cm³/mol. The molecule has 20 heavy (non-hydrogen) atoms. The summed E-state index contributed by atoms with van der Waals surface area (Å²) in [6.07, 6.45) is 5.24. The Morgan fingerprint density at radius 2 is 1.85 bits per heavy atom. The van der Waals surface area contributed by atoms with E-state index in [1.165, 1.54) is 44.3 Å². The number of likely N-dealkylation sites (tertiary alicyclic amines) is 1. The molecule has 2 heteroatoms. The van der Waals surface area contributed by atoms with Crippen molar-refractivity contribution < 1.29 is 0 Å². The Balaban J connectivity index is 1.76. The van der Waals surface area contributed by atoms with Crippen molar-refractivity contribution in [2.45, 2.75) is 45.6 Å². The molecule has 1 fully saturated rings. The molecule has 1 N–H and O–H groups in total. The minimum Gasteiger partial charge on any atom is -0.315 e. The van der Waals surface area contributed by atoms with Gasteiger partial charge < -0.3 is 5.32 Å². The molecular weight excluding hydrogens is 244 g/mol. The van der Waals surface area contributed by atoms with Crippen LogP contribution in [-0.4, -0.2) is 37.1 Å². The number of rotatable bonds is 7. The molecule has 1 saturated heterocycles. The van der Waals surface area contributed by atoms with Crippen LogP contribution < -0.4 is 5.32 Å². The van der Waals surface area contributed by atoms with Gasteiger partial charge in [-0.3, -0.25) is 4.90 Å². The third kappa shape index (κ3) is 4.60. The zero-order chi connectivity index (χ0) is 14.2. The van der Waals surface area contributed by atoms with Gasteiger partial charge >= 0.3 is 0 Å². The second kappa shape index (κ2) is 8.43. The van der Waals surface area contributed by atoms with Crippen LogP contribution in [0.2, 0.25) is 0 Å². The molecule has 1 unspecified atom stereocenters. The number of hydrogen-bond donors (Lipinski definition) is 1.